The summed E-state index contributed by atoms with van der Waals surface area (Å²) in [6, 6.07) is 5.90. The average molecular weight is 342 g/mol. The molecule has 3 rings (SSSR count). The number of nitrogens with zero attached hydrogens (tertiary/aromatic N) is 2. The zero-order valence-electron chi connectivity index (χ0n) is 15.6. The summed E-state index contributed by atoms with van der Waals surface area (Å²) >= 11 is 0. The van der Waals surface area contributed by atoms with E-state index in [0.717, 1.165) is 23.3 Å². The predicted molar refractivity (Wildman–Crippen MR) is 97.4 cm³/mol. The van der Waals surface area contributed by atoms with Gasteiger partial charge in [0.05, 0.1) is 19.8 Å². The Morgan fingerprint density at radius 2 is 1.72 bits per heavy atom. The molecule has 0 aliphatic carbocycles. The molecular weight excluding hydrogens is 316 g/mol. The Labute approximate surface area is 149 Å². The van der Waals surface area contributed by atoms with Gasteiger partial charge in [0.15, 0.2) is 11.5 Å². The first kappa shape index (κ1) is 17.4. The number of hydrogen-bond donors (Lipinski definition) is 0. The Kier molecular flexibility index (Phi) is 4.50. The highest BCUT2D eigenvalue weighted by Gasteiger charge is 2.25. The molecular formula is C20H26N2O3. The van der Waals surface area contributed by atoms with Gasteiger partial charge in [-0.15, -0.1) is 0 Å². The van der Waals surface area contributed by atoms with Crippen LogP contribution in [0, 0.1) is 0 Å². The molecule has 0 N–H and O–H groups in total. The molecule has 0 saturated heterocycles. The molecule has 1 aliphatic heterocycles. The zero-order valence-corrected chi connectivity index (χ0v) is 15.6. The van der Waals surface area contributed by atoms with Gasteiger partial charge in [-0.3, -0.25) is 4.79 Å². The van der Waals surface area contributed by atoms with Crippen LogP contribution in [-0.4, -0.2) is 36.1 Å². The Bertz CT molecular complexity index is 787. The van der Waals surface area contributed by atoms with Crippen LogP contribution in [-0.2, 0) is 18.5 Å². The first-order chi connectivity index (χ1) is 11.8. The predicted octanol–water partition coefficient (Wildman–Crippen LogP) is 3.46. The topological polar surface area (TPSA) is 43.7 Å². The molecule has 2 heterocycles. The van der Waals surface area contributed by atoms with Gasteiger partial charge >= 0.3 is 0 Å². The van der Waals surface area contributed by atoms with E-state index in [9.17, 15) is 4.79 Å². The van der Waals surface area contributed by atoms with Gasteiger partial charge in [0.1, 0.15) is 0 Å². The minimum atomic E-state index is -0.0308. The Morgan fingerprint density at radius 1 is 1.08 bits per heavy atom. The first-order valence-corrected chi connectivity index (χ1v) is 8.55. The van der Waals surface area contributed by atoms with E-state index >= 15 is 0 Å². The third-order valence-corrected chi connectivity index (χ3v) is 4.72. The molecule has 0 fully saturated rings. The normalized spacial score (nSPS) is 14.2. The fraction of sp³-hybridized carbons (Fsp3) is 0.450. The standard InChI is InChI=1S/C20H26N2O3/c1-20(2,3)22-9-7-15(13-22)19(23)21-8-6-14-10-17(24-4)18(25-5)11-16(14)12-21/h7,9-11,13H,6,8,12H2,1-5H3. The van der Waals surface area contributed by atoms with Crippen LogP contribution in [0.25, 0.3) is 0 Å². The zero-order chi connectivity index (χ0) is 18.2. The molecule has 134 valence electrons. The maximum Gasteiger partial charge on any atom is 0.255 e. The van der Waals surface area contributed by atoms with Crippen LogP contribution in [0.4, 0.5) is 0 Å². The van der Waals surface area contributed by atoms with E-state index in [0.29, 0.717) is 18.8 Å². The van der Waals surface area contributed by atoms with Crippen molar-refractivity contribution < 1.29 is 14.3 Å². The number of benzene rings is 1. The van der Waals surface area contributed by atoms with Crippen LogP contribution in [0.15, 0.2) is 30.6 Å². The molecule has 0 saturated carbocycles. The van der Waals surface area contributed by atoms with E-state index in [1.807, 2.05) is 35.5 Å². The van der Waals surface area contributed by atoms with Crippen LogP contribution in [0.1, 0.15) is 42.3 Å². The molecule has 0 radical (unpaired) electrons. The number of ether oxygens (including phenoxy) is 2. The Morgan fingerprint density at radius 3 is 2.28 bits per heavy atom. The van der Waals surface area contributed by atoms with Gasteiger partial charge in [0.25, 0.3) is 5.91 Å². The van der Waals surface area contributed by atoms with Crippen molar-refractivity contribution in [2.24, 2.45) is 0 Å². The summed E-state index contributed by atoms with van der Waals surface area (Å²) in [5, 5.41) is 0. The lowest BCUT2D eigenvalue weighted by molar-refractivity contribution is 0.0734. The molecule has 1 amide bonds. The Balaban J connectivity index is 1.82. The van der Waals surface area contributed by atoms with Crippen molar-refractivity contribution >= 4 is 5.91 Å². The smallest absolute Gasteiger partial charge is 0.255 e. The van der Waals surface area contributed by atoms with Gasteiger partial charge < -0.3 is 18.9 Å². The number of amides is 1. The molecule has 1 aliphatic rings. The third-order valence-electron chi connectivity index (χ3n) is 4.72. The molecule has 5 heteroatoms. The van der Waals surface area contributed by atoms with E-state index in [2.05, 4.69) is 25.3 Å². The van der Waals surface area contributed by atoms with Crippen LogP contribution < -0.4 is 9.47 Å². The molecule has 0 unspecified atom stereocenters. The summed E-state index contributed by atoms with van der Waals surface area (Å²) in [5.41, 5.74) is 3.04. The third kappa shape index (κ3) is 3.36. The van der Waals surface area contributed by atoms with Gasteiger partial charge in [-0.1, -0.05) is 0 Å². The number of fused-ring (bicyclic) bond motifs is 1. The Hall–Kier alpha value is -2.43. The van der Waals surface area contributed by atoms with Crippen molar-refractivity contribution in [2.45, 2.75) is 39.3 Å². The van der Waals surface area contributed by atoms with E-state index in [1.54, 1.807) is 14.2 Å². The quantitative estimate of drug-likeness (QED) is 0.858. The number of hydrogen-bond acceptors (Lipinski definition) is 3. The monoisotopic (exact) mass is 342 g/mol. The summed E-state index contributed by atoms with van der Waals surface area (Å²) in [6.07, 6.45) is 4.73. The van der Waals surface area contributed by atoms with Gasteiger partial charge in [-0.2, -0.15) is 0 Å². The highest BCUT2D eigenvalue weighted by Crippen LogP contribution is 2.33. The largest absolute Gasteiger partial charge is 0.493 e. The van der Waals surface area contributed by atoms with Crippen molar-refractivity contribution in [3.05, 3.63) is 47.3 Å². The maximum absolute atomic E-state index is 12.9. The summed E-state index contributed by atoms with van der Waals surface area (Å²) in [6.45, 7) is 7.67. The summed E-state index contributed by atoms with van der Waals surface area (Å²) in [4.78, 5) is 14.8. The van der Waals surface area contributed by atoms with Crippen LogP contribution >= 0.6 is 0 Å². The van der Waals surface area contributed by atoms with E-state index in [4.69, 9.17) is 9.47 Å². The second kappa shape index (κ2) is 6.47. The molecule has 25 heavy (non-hydrogen) atoms. The van der Waals surface area contributed by atoms with Crippen molar-refractivity contribution in [2.75, 3.05) is 20.8 Å². The van der Waals surface area contributed by atoms with E-state index < -0.39 is 0 Å². The van der Waals surface area contributed by atoms with Crippen molar-refractivity contribution in [1.29, 1.82) is 0 Å². The van der Waals surface area contributed by atoms with Crippen molar-refractivity contribution in [3.8, 4) is 11.5 Å². The first-order valence-electron chi connectivity index (χ1n) is 8.55. The molecule has 1 aromatic carbocycles. The minimum absolute atomic E-state index is 0.0308. The van der Waals surface area contributed by atoms with Gasteiger partial charge in [0, 0.05) is 31.0 Å². The highest BCUT2D eigenvalue weighted by atomic mass is 16.5. The molecule has 5 nitrogen and oxygen atoms in total. The highest BCUT2D eigenvalue weighted by molar-refractivity contribution is 5.94. The number of methoxy groups -OCH3 is 2. The summed E-state index contributed by atoms with van der Waals surface area (Å²) in [7, 11) is 3.27. The number of rotatable bonds is 3. The SMILES string of the molecule is COc1cc2c(cc1OC)CN(C(=O)c1ccn(C(C)(C)C)c1)CC2. The average Bonchev–Trinajstić information content (AvgIpc) is 3.09. The molecule has 2 aromatic rings. The number of carbonyl (C=O) groups is 1. The molecule has 1 aromatic heterocycles. The lowest BCUT2D eigenvalue weighted by atomic mass is 9.98. The van der Waals surface area contributed by atoms with Crippen molar-refractivity contribution in [1.82, 2.24) is 9.47 Å². The van der Waals surface area contributed by atoms with Gasteiger partial charge in [-0.05, 0) is 56.5 Å². The second-order valence-electron chi connectivity index (χ2n) is 7.43. The fourth-order valence-electron chi connectivity index (χ4n) is 3.18. The fourth-order valence-corrected chi connectivity index (χ4v) is 3.18. The minimum Gasteiger partial charge on any atom is -0.493 e. The molecule has 0 spiro atoms. The van der Waals surface area contributed by atoms with Gasteiger partial charge in [-0.25, -0.2) is 0 Å². The summed E-state index contributed by atoms with van der Waals surface area (Å²) < 4.78 is 12.8. The van der Waals surface area contributed by atoms with E-state index in [1.165, 1.54) is 5.56 Å². The van der Waals surface area contributed by atoms with Gasteiger partial charge in [0.2, 0.25) is 0 Å². The molecule has 0 atom stereocenters. The second-order valence-corrected chi connectivity index (χ2v) is 7.43. The lowest BCUT2D eigenvalue weighted by Gasteiger charge is -2.29. The summed E-state index contributed by atoms with van der Waals surface area (Å²) in [5.74, 6) is 1.51. The number of aromatic nitrogens is 1. The van der Waals surface area contributed by atoms with Crippen LogP contribution in [0.2, 0.25) is 0 Å². The maximum atomic E-state index is 12.9. The molecule has 0 bridgehead atoms. The lowest BCUT2D eigenvalue weighted by Crippen LogP contribution is -2.36. The number of carbonyl (C=O) groups excluding carboxylic acids is 1. The van der Waals surface area contributed by atoms with Crippen molar-refractivity contribution in [3.63, 3.8) is 0 Å². The van der Waals surface area contributed by atoms with Crippen LogP contribution in [0.5, 0.6) is 11.5 Å². The van der Waals surface area contributed by atoms with E-state index in [-0.39, 0.29) is 11.4 Å². The van der Waals surface area contributed by atoms with Crippen LogP contribution in [0.3, 0.4) is 0 Å².